The van der Waals surface area contributed by atoms with E-state index in [9.17, 15) is 27.5 Å². The average Bonchev–Trinajstić information content (AvgIpc) is 3.12. The number of hydrazine groups is 1. The molecule has 0 spiro atoms. The summed E-state index contributed by atoms with van der Waals surface area (Å²) in [6.45, 7) is 2.45. The molecule has 1 heterocycles. The Hall–Kier alpha value is -3.27. The maximum absolute atomic E-state index is 13.3. The Morgan fingerprint density at radius 1 is 1.10 bits per heavy atom. The molecule has 2 aromatic rings. The Balaban J connectivity index is 1.72. The van der Waals surface area contributed by atoms with Crippen LogP contribution in [0.1, 0.15) is 22.8 Å². The van der Waals surface area contributed by atoms with Crippen molar-refractivity contribution in [3.8, 4) is 11.5 Å². The Morgan fingerprint density at radius 2 is 1.74 bits per heavy atom. The minimum Gasteiger partial charge on any atom is -0.494 e. The van der Waals surface area contributed by atoms with Crippen LogP contribution in [0.4, 0.5) is 17.6 Å². The Labute approximate surface area is 175 Å². The van der Waals surface area contributed by atoms with E-state index in [0.29, 0.717) is 23.7 Å². The highest BCUT2D eigenvalue weighted by Gasteiger charge is 2.51. The lowest BCUT2D eigenvalue weighted by molar-refractivity contribution is -0.146. The molecule has 31 heavy (non-hydrogen) atoms. The van der Waals surface area contributed by atoms with E-state index in [-0.39, 0.29) is 23.3 Å². The molecule has 1 atom stereocenters. The van der Waals surface area contributed by atoms with Gasteiger partial charge in [0.25, 0.3) is 18.8 Å². The molecule has 0 aromatic heterocycles. The molecule has 6 nitrogen and oxygen atoms in total. The second-order valence-electron chi connectivity index (χ2n) is 6.63. The van der Waals surface area contributed by atoms with E-state index in [1.807, 2.05) is 12.3 Å². The summed E-state index contributed by atoms with van der Waals surface area (Å²) in [5.41, 5.74) is -1.87. The van der Waals surface area contributed by atoms with Gasteiger partial charge in [0.1, 0.15) is 18.1 Å². The molecule has 0 fully saturated rings. The smallest absolute Gasteiger partial charge is 0.291 e. The zero-order valence-corrected chi connectivity index (χ0v) is 16.4. The first-order valence-electron chi connectivity index (χ1n) is 9.32. The van der Waals surface area contributed by atoms with Crippen LogP contribution in [-0.2, 0) is 6.61 Å². The van der Waals surface area contributed by atoms with Gasteiger partial charge in [-0.1, -0.05) is 12.1 Å². The van der Waals surface area contributed by atoms with Crippen molar-refractivity contribution < 1.29 is 36.9 Å². The van der Waals surface area contributed by atoms with Crippen LogP contribution in [0.2, 0.25) is 0 Å². The summed E-state index contributed by atoms with van der Waals surface area (Å²) >= 11 is 0. The van der Waals surface area contributed by atoms with Crippen LogP contribution >= 0.6 is 0 Å². The molecule has 2 N–H and O–H groups in total. The number of amides is 1. The first-order chi connectivity index (χ1) is 14.7. The van der Waals surface area contributed by atoms with E-state index in [1.54, 1.807) is 30.3 Å². The Bertz CT molecular complexity index is 953. The summed E-state index contributed by atoms with van der Waals surface area (Å²) in [6, 6.07) is 12.7. The molecule has 2 aromatic carbocycles. The first-order valence-corrected chi connectivity index (χ1v) is 9.32. The van der Waals surface area contributed by atoms with E-state index < -0.39 is 30.2 Å². The van der Waals surface area contributed by atoms with Gasteiger partial charge in [0.15, 0.2) is 0 Å². The van der Waals surface area contributed by atoms with Crippen molar-refractivity contribution in [2.24, 2.45) is 0 Å². The molecule has 3 rings (SSSR count). The van der Waals surface area contributed by atoms with Crippen LogP contribution in [0.25, 0.3) is 0 Å². The summed E-state index contributed by atoms with van der Waals surface area (Å²) in [7, 11) is 0. The van der Waals surface area contributed by atoms with Gasteiger partial charge in [-0.25, -0.2) is 22.6 Å². The highest BCUT2D eigenvalue weighted by Crippen LogP contribution is 2.31. The van der Waals surface area contributed by atoms with Crippen molar-refractivity contribution in [2.75, 3.05) is 6.61 Å². The Kier molecular flexibility index (Phi) is 6.69. The molecule has 1 aliphatic rings. The predicted molar refractivity (Wildman–Crippen MR) is 103 cm³/mol. The average molecular weight is 440 g/mol. The number of nitrogens with one attached hydrogen (secondary N) is 1. The largest absolute Gasteiger partial charge is 0.494 e. The van der Waals surface area contributed by atoms with Gasteiger partial charge in [-0.2, -0.15) is 0 Å². The number of nitrogens with zero attached hydrogens (tertiary/aromatic N) is 1. The highest BCUT2D eigenvalue weighted by molar-refractivity contribution is 5.95. The lowest BCUT2D eigenvalue weighted by Crippen LogP contribution is -2.56. The zero-order chi connectivity index (χ0) is 22.6. The maximum atomic E-state index is 13.3. The molecule has 1 aliphatic heterocycles. The molecular weight excluding hydrogens is 420 g/mol. The minimum atomic E-state index is -3.51. The fraction of sp³-hybridized carbons (Fsp3) is 0.286. The number of hydrogen-bond donors (Lipinski definition) is 2. The molecule has 10 heteroatoms. The van der Waals surface area contributed by atoms with Crippen molar-refractivity contribution in [3.63, 3.8) is 0 Å². The van der Waals surface area contributed by atoms with Crippen LogP contribution in [-0.4, -0.2) is 41.2 Å². The van der Waals surface area contributed by atoms with Crippen LogP contribution < -0.4 is 14.9 Å². The Morgan fingerprint density at radius 3 is 2.32 bits per heavy atom. The van der Waals surface area contributed by atoms with Crippen LogP contribution in [0.3, 0.4) is 0 Å². The number of rotatable bonds is 8. The number of aliphatic hydroxyl groups is 1. The van der Waals surface area contributed by atoms with Crippen molar-refractivity contribution >= 4 is 5.91 Å². The summed E-state index contributed by atoms with van der Waals surface area (Å²) in [5, 5.41) is 10.2. The monoisotopic (exact) mass is 440 g/mol. The molecule has 0 radical (unpaired) electrons. The summed E-state index contributed by atoms with van der Waals surface area (Å²) in [6.07, 6.45) is -6.43. The molecule has 1 unspecified atom stereocenters. The van der Waals surface area contributed by atoms with Crippen molar-refractivity contribution in [2.45, 2.75) is 32.1 Å². The third-order valence-corrected chi connectivity index (χ3v) is 4.44. The SMILES string of the molecule is CCOc1ccc(OCc2cccc(C(=O)N3NC(C(F)F)=CC3(O)C(F)F)c2)cc1. The highest BCUT2D eigenvalue weighted by atomic mass is 19.3. The van der Waals surface area contributed by atoms with Crippen LogP contribution in [0, 0.1) is 0 Å². The molecule has 0 saturated carbocycles. The number of carbonyl (C=O) groups is 1. The van der Waals surface area contributed by atoms with E-state index in [4.69, 9.17) is 9.47 Å². The van der Waals surface area contributed by atoms with Crippen molar-refractivity contribution in [1.82, 2.24) is 10.4 Å². The van der Waals surface area contributed by atoms with E-state index >= 15 is 0 Å². The van der Waals surface area contributed by atoms with Gasteiger partial charge in [0.05, 0.1) is 12.3 Å². The maximum Gasteiger partial charge on any atom is 0.291 e. The molecule has 0 aliphatic carbocycles. The number of carbonyl (C=O) groups excluding carboxylic acids is 1. The van der Waals surface area contributed by atoms with E-state index in [1.165, 1.54) is 18.2 Å². The summed E-state index contributed by atoms with van der Waals surface area (Å²) < 4.78 is 63.5. The minimum absolute atomic E-state index is 0.0577. The number of hydrogen-bond acceptors (Lipinski definition) is 5. The second kappa shape index (κ2) is 9.25. The number of allylic oxidation sites excluding steroid dienone is 1. The number of halogens is 4. The standard InChI is InChI=1S/C21H20F4N2O4/c1-2-30-15-6-8-16(9-7-15)31-12-13-4-3-5-14(10-13)19(28)27-21(29,20(24)25)11-17(26-27)18(22)23/h3-11,18,20,26,29H,2,12H2,1H3. The number of ether oxygens (including phenoxy) is 2. The van der Waals surface area contributed by atoms with Crippen LogP contribution in [0.5, 0.6) is 11.5 Å². The second-order valence-corrected chi connectivity index (χ2v) is 6.63. The third kappa shape index (κ3) is 4.91. The molecule has 0 bridgehead atoms. The topological polar surface area (TPSA) is 71.0 Å². The van der Waals surface area contributed by atoms with Crippen molar-refractivity contribution in [1.29, 1.82) is 0 Å². The van der Waals surface area contributed by atoms with Gasteiger partial charge >= 0.3 is 0 Å². The lowest BCUT2D eigenvalue weighted by atomic mass is 10.1. The van der Waals surface area contributed by atoms with Gasteiger partial charge in [-0.05, 0) is 48.9 Å². The number of benzene rings is 2. The predicted octanol–water partition coefficient (Wildman–Crippen LogP) is 3.73. The van der Waals surface area contributed by atoms with Gasteiger partial charge in [-0.3, -0.25) is 10.2 Å². The quantitative estimate of drug-likeness (QED) is 0.613. The molecule has 1 amide bonds. The van der Waals surface area contributed by atoms with Crippen LogP contribution in [0.15, 0.2) is 60.3 Å². The first kappa shape index (κ1) is 22.4. The summed E-state index contributed by atoms with van der Waals surface area (Å²) in [5.74, 6) is 0.126. The van der Waals surface area contributed by atoms with E-state index in [2.05, 4.69) is 0 Å². The molecule has 0 saturated heterocycles. The fourth-order valence-corrected chi connectivity index (χ4v) is 2.92. The van der Waals surface area contributed by atoms with Crippen molar-refractivity contribution in [3.05, 3.63) is 71.4 Å². The molecule has 166 valence electrons. The van der Waals surface area contributed by atoms with Gasteiger partial charge in [-0.15, -0.1) is 0 Å². The third-order valence-electron chi connectivity index (χ3n) is 4.44. The van der Waals surface area contributed by atoms with E-state index in [0.717, 1.165) is 0 Å². The normalized spacial score (nSPS) is 18.2. The lowest BCUT2D eigenvalue weighted by Gasteiger charge is -2.31. The summed E-state index contributed by atoms with van der Waals surface area (Å²) in [4.78, 5) is 12.7. The van der Waals surface area contributed by atoms with Gasteiger partial charge in [0, 0.05) is 11.6 Å². The van der Waals surface area contributed by atoms with Gasteiger partial charge in [0.2, 0.25) is 5.72 Å². The zero-order valence-electron chi connectivity index (χ0n) is 16.4. The fourth-order valence-electron chi connectivity index (χ4n) is 2.92. The molecular formula is C21H20F4N2O4. The number of alkyl halides is 4. The van der Waals surface area contributed by atoms with Gasteiger partial charge < -0.3 is 14.6 Å².